The Morgan fingerprint density at radius 2 is 1.59 bits per heavy atom. The van der Waals surface area contributed by atoms with Crippen molar-refractivity contribution in [3.63, 3.8) is 0 Å². The van der Waals surface area contributed by atoms with E-state index in [2.05, 4.69) is 64.7 Å². The third-order valence-corrected chi connectivity index (χ3v) is 4.58. The van der Waals surface area contributed by atoms with E-state index in [1.54, 1.807) is 6.20 Å². The second-order valence-electron chi connectivity index (χ2n) is 6.27. The lowest BCUT2D eigenvalue weighted by Gasteiger charge is -2.09. The van der Waals surface area contributed by atoms with Crippen LogP contribution in [0.4, 0.5) is 0 Å². The van der Waals surface area contributed by atoms with E-state index in [9.17, 15) is 0 Å². The minimum atomic E-state index is 0.502. The summed E-state index contributed by atoms with van der Waals surface area (Å²) in [7, 11) is 0. The highest BCUT2D eigenvalue weighted by molar-refractivity contribution is 7.99. The first kappa shape index (κ1) is 21.1. The van der Waals surface area contributed by atoms with Gasteiger partial charge in [-0.2, -0.15) is 11.8 Å². The Labute approximate surface area is 143 Å². The molecule has 0 saturated carbocycles. The molecule has 1 atom stereocenters. The molecule has 2 heteroatoms. The minimum absolute atomic E-state index is 0.502. The molecule has 0 aromatic rings. The summed E-state index contributed by atoms with van der Waals surface area (Å²) in [6.07, 6.45) is 13.6. The van der Waals surface area contributed by atoms with E-state index in [0.29, 0.717) is 6.04 Å². The number of rotatable bonds is 12. The van der Waals surface area contributed by atoms with E-state index in [1.807, 2.05) is 11.8 Å². The third-order valence-electron chi connectivity index (χ3n) is 3.44. The zero-order valence-electron chi connectivity index (χ0n) is 15.2. The van der Waals surface area contributed by atoms with Crippen molar-refractivity contribution in [1.82, 2.24) is 5.32 Å². The first-order valence-corrected chi connectivity index (χ1v) is 9.50. The molecule has 0 amide bonds. The minimum Gasteiger partial charge on any atom is -0.388 e. The fourth-order valence-corrected chi connectivity index (χ4v) is 3.02. The largest absolute Gasteiger partial charge is 0.388 e. The Morgan fingerprint density at radius 3 is 2.18 bits per heavy atom. The normalized spacial score (nSPS) is 13.7. The lowest BCUT2D eigenvalue weighted by atomic mass is 10.1. The molecule has 0 aromatic carbocycles. The lowest BCUT2D eigenvalue weighted by molar-refractivity contribution is 0.714. The van der Waals surface area contributed by atoms with Crippen LogP contribution in [0, 0.1) is 0 Å². The molecule has 0 saturated heterocycles. The van der Waals surface area contributed by atoms with Gasteiger partial charge in [0, 0.05) is 17.5 Å². The van der Waals surface area contributed by atoms with Gasteiger partial charge in [0.15, 0.2) is 0 Å². The van der Waals surface area contributed by atoms with Gasteiger partial charge in [-0.05, 0) is 66.5 Å². The predicted molar refractivity (Wildman–Crippen MR) is 106 cm³/mol. The van der Waals surface area contributed by atoms with Crippen LogP contribution < -0.4 is 5.32 Å². The third kappa shape index (κ3) is 14.1. The first-order valence-electron chi connectivity index (χ1n) is 8.35. The summed E-state index contributed by atoms with van der Waals surface area (Å²) in [6.45, 7) is 14.7. The number of allylic oxidation sites excluding steroid dienone is 5. The Balaban J connectivity index is 3.82. The maximum Gasteiger partial charge on any atom is 0.0317 e. The van der Waals surface area contributed by atoms with Crippen molar-refractivity contribution in [3.05, 3.63) is 47.7 Å². The van der Waals surface area contributed by atoms with Crippen molar-refractivity contribution in [2.75, 3.05) is 11.5 Å². The molecule has 0 fully saturated rings. The highest BCUT2D eigenvalue weighted by Crippen LogP contribution is 2.12. The average Bonchev–Trinajstić information content (AvgIpc) is 2.43. The van der Waals surface area contributed by atoms with Crippen LogP contribution in [0.5, 0.6) is 0 Å². The van der Waals surface area contributed by atoms with Gasteiger partial charge in [-0.25, -0.2) is 0 Å². The van der Waals surface area contributed by atoms with Crippen LogP contribution in [0.1, 0.15) is 60.3 Å². The molecule has 1 nitrogen and oxygen atoms in total. The molecule has 0 aliphatic heterocycles. The van der Waals surface area contributed by atoms with Crippen molar-refractivity contribution >= 4 is 11.8 Å². The van der Waals surface area contributed by atoms with Gasteiger partial charge in [0.2, 0.25) is 0 Å². The van der Waals surface area contributed by atoms with E-state index >= 15 is 0 Å². The maximum atomic E-state index is 3.69. The molecular weight excluding hydrogens is 286 g/mol. The van der Waals surface area contributed by atoms with Crippen LogP contribution in [0.3, 0.4) is 0 Å². The van der Waals surface area contributed by atoms with Crippen molar-refractivity contribution < 1.29 is 0 Å². The number of hydrogen-bond acceptors (Lipinski definition) is 2. The standard InChI is InChI=1S/C20H35NS/c1-7-21-20(6)16-22-15-14-19(5)13-9-12-18(4)11-8-10-17(2)3/h7,10,12,14,20-21H,1,8-9,11,13,15-16H2,2-6H3/b18-12+,19-14+. The second-order valence-corrected chi connectivity index (χ2v) is 7.34. The molecule has 0 heterocycles. The summed E-state index contributed by atoms with van der Waals surface area (Å²) in [5, 5.41) is 3.21. The van der Waals surface area contributed by atoms with Gasteiger partial charge in [-0.1, -0.05) is 41.5 Å². The quantitative estimate of drug-likeness (QED) is 0.336. The Kier molecular flexibility index (Phi) is 13.2. The fourth-order valence-electron chi connectivity index (χ4n) is 2.03. The molecule has 0 radical (unpaired) electrons. The molecule has 22 heavy (non-hydrogen) atoms. The SMILES string of the molecule is C=CNC(C)CSC/C=C(\C)CC/C=C(\C)CCC=C(C)C. The number of thioether (sulfide) groups is 1. The van der Waals surface area contributed by atoms with Crippen molar-refractivity contribution in [2.24, 2.45) is 0 Å². The predicted octanol–water partition coefficient (Wildman–Crippen LogP) is 6.26. The van der Waals surface area contributed by atoms with E-state index in [4.69, 9.17) is 0 Å². The highest BCUT2D eigenvalue weighted by Gasteiger charge is 1.97. The van der Waals surface area contributed by atoms with Gasteiger partial charge in [0.05, 0.1) is 0 Å². The van der Waals surface area contributed by atoms with Crippen molar-refractivity contribution in [1.29, 1.82) is 0 Å². The van der Waals surface area contributed by atoms with E-state index in [0.717, 1.165) is 11.5 Å². The van der Waals surface area contributed by atoms with Gasteiger partial charge < -0.3 is 5.32 Å². The second kappa shape index (κ2) is 13.8. The molecule has 0 aromatic heterocycles. The molecule has 0 aliphatic rings. The lowest BCUT2D eigenvalue weighted by Crippen LogP contribution is -2.22. The van der Waals surface area contributed by atoms with E-state index < -0.39 is 0 Å². The zero-order chi connectivity index (χ0) is 16.8. The number of hydrogen-bond donors (Lipinski definition) is 1. The summed E-state index contributed by atoms with van der Waals surface area (Å²) in [4.78, 5) is 0. The average molecular weight is 322 g/mol. The topological polar surface area (TPSA) is 12.0 Å². The first-order chi connectivity index (χ1) is 10.5. The highest BCUT2D eigenvalue weighted by atomic mass is 32.2. The summed E-state index contributed by atoms with van der Waals surface area (Å²) >= 11 is 1.97. The zero-order valence-corrected chi connectivity index (χ0v) is 16.1. The Bertz CT molecular complexity index is 387. The van der Waals surface area contributed by atoms with E-state index in [-0.39, 0.29) is 0 Å². The van der Waals surface area contributed by atoms with Crippen LogP contribution in [-0.2, 0) is 0 Å². The van der Waals surface area contributed by atoms with E-state index in [1.165, 1.54) is 42.4 Å². The fraction of sp³-hybridized carbons (Fsp3) is 0.600. The van der Waals surface area contributed by atoms with Crippen molar-refractivity contribution in [2.45, 2.75) is 66.3 Å². The molecule has 1 N–H and O–H groups in total. The summed E-state index contributed by atoms with van der Waals surface area (Å²) in [5.41, 5.74) is 4.44. The molecule has 1 unspecified atom stereocenters. The van der Waals surface area contributed by atoms with Gasteiger partial charge in [-0.3, -0.25) is 0 Å². The van der Waals surface area contributed by atoms with Gasteiger partial charge >= 0.3 is 0 Å². The molecular formula is C20H35NS. The Hall–Kier alpha value is -0.890. The van der Waals surface area contributed by atoms with Crippen LogP contribution in [-0.4, -0.2) is 17.5 Å². The smallest absolute Gasteiger partial charge is 0.0317 e. The van der Waals surface area contributed by atoms with Gasteiger partial charge in [-0.15, -0.1) is 0 Å². The molecule has 126 valence electrons. The maximum absolute atomic E-state index is 3.69. The van der Waals surface area contributed by atoms with Crippen molar-refractivity contribution in [3.8, 4) is 0 Å². The van der Waals surface area contributed by atoms with Crippen LogP contribution in [0.15, 0.2) is 47.7 Å². The van der Waals surface area contributed by atoms with Crippen LogP contribution >= 0.6 is 11.8 Å². The summed E-state index contributed by atoms with van der Waals surface area (Å²) in [6, 6.07) is 0.502. The van der Waals surface area contributed by atoms with Crippen LogP contribution in [0.25, 0.3) is 0 Å². The summed E-state index contributed by atoms with van der Waals surface area (Å²) in [5.74, 6) is 2.23. The Morgan fingerprint density at radius 1 is 1.00 bits per heavy atom. The summed E-state index contributed by atoms with van der Waals surface area (Å²) < 4.78 is 0. The molecule has 0 aliphatic carbocycles. The number of nitrogens with one attached hydrogen (secondary N) is 1. The van der Waals surface area contributed by atoms with Gasteiger partial charge in [0.1, 0.15) is 0 Å². The molecule has 0 bridgehead atoms. The molecule has 0 rings (SSSR count). The van der Waals surface area contributed by atoms with Gasteiger partial charge in [0.25, 0.3) is 0 Å². The monoisotopic (exact) mass is 321 g/mol. The molecule has 0 spiro atoms. The van der Waals surface area contributed by atoms with Crippen LogP contribution in [0.2, 0.25) is 0 Å².